The van der Waals surface area contributed by atoms with Gasteiger partial charge in [-0.25, -0.2) is 4.99 Å². The summed E-state index contributed by atoms with van der Waals surface area (Å²) < 4.78 is 13.3. The predicted molar refractivity (Wildman–Crippen MR) is 156 cm³/mol. The minimum atomic E-state index is -0.182. The van der Waals surface area contributed by atoms with Crippen LogP contribution < -0.4 is 14.8 Å². The third-order valence-electron chi connectivity index (χ3n) is 4.86. The summed E-state index contributed by atoms with van der Waals surface area (Å²) in [5, 5.41) is 12.6. The Labute approximate surface area is 235 Å². The highest BCUT2D eigenvalue weighted by Crippen LogP contribution is 2.33. The molecular weight excluding hydrogens is 688 g/mol. The number of nitrogens with zero attached hydrogens (tertiary/aromatic N) is 2. The lowest BCUT2D eigenvalue weighted by molar-refractivity contribution is -0.115. The van der Waals surface area contributed by atoms with Gasteiger partial charge in [0.25, 0.3) is 5.91 Å². The van der Waals surface area contributed by atoms with E-state index in [1.807, 2.05) is 67.6 Å². The molecule has 9 heteroatoms. The largest absolute Gasteiger partial charge is 0.494 e. The molecule has 0 atom stereocenters. The Balaban J connectivity index is 1.48. The molecule has 0 spiro atoms. The molecule has 1 aliphatic heterocycles. The maximum absolute atomic E-state index is 12.5. The minimum Gasteiger partial charge on any atom is -0.494 e. The smallest absolute Gasteiger partial charge is 0.264 e. The summed E-state index contributed by atoms with van der Waals surface area (Å²) in [6.45, 7) is 2.85. The summed E-state index contributed by atoms with van der Waals surface area (Å²) in [6.07, 6.45) is 1.85. The number of rotatable bonds is 7. The fourth-order valence-electron chi connectivity index (χ4n) is 3.24. The number of aliphatic imine (C=N–C) groups is 1. The molecule has 35 heavy (non-hydrogen) atoms. The van der Waals surface area contributed by atoms with Crippen LogP contribution in [0.4, 0.5) is 5.69 Å². The van der Waals surface area contributed by atoms with Gasteiger partial charge in [0.1, 0.15) is 18.1 Å². The number of hydrogen-bond acceptors (Lipinski definition) is 6. The molecule has 4 rings (SSSR count). The zero-order valence-corrected chi connectivity index (χ0v) is 23.7. The molecule has 1 fully saturated rings. The van der Waals surface area contributed by atoms with Gasteiger partial charge in [0, 0.05) is 5.56 Å². The standard InChI is InChI=1S/C26H19I2N3O3S/c1-2-33-20-9-7-19(8-10-20)30-26-31-25(32)23(35-26)13-16-11-21(27)24(22(28)12-16)34-15-18-6-4-3-5-17(18)14-29/h3-13H,2,15H2,1H3,(H,30,31,32)/b23-13+. The van der Waals surface area contributed by atoms with Gasteiger partial charge in [-0.1, -0.05) is 18.2 Å². The van der Waals surface area contributed by atoms with Crippen molar-refractivity contribution >= 4 is 79.8 Å². The van der Waals surface area contributed by atoms with Crippen LogP contribution in [0.25, 0.3) is 6.08 Å². The molecule has 176 valence electrons. The van der Waals surface area contributed by atoms with Gasteiger partial charge in [0.15, 0.2) is 5.17 Å². The van der Waals surface area contributed by atoms with Crippen molar-refractivity contribution in [3.63, 3.8) is 0 Å². The first-order valence-corrected chi connectivity index (χ1v) is 13.6. The van der Waals surface area contributed by atoms with Crippen molar-refractivity contribution < 1.29 is 14.3 Å². The summed E-state index contributed by atoms with van der Waals surface area (Å²) in [4.78, 5) is 17.6. The van der Waals surface area contributed by atoms with Gasteiger partial charge in [-0.2, -0.15) is 5.26 Å². The molecule has 3 aromatic carbocycles. The molecule has 0 aliphatic carbocycles. The van der Waals surface area contributed by atoms with Crippen molar-refractivity contribution in [2.75, 3.05) is 6.61 Å². The number of thioether (sulfide) groups is 1. The third-order valence-corrected chi connectivity index (χ3v) is 7.37. The maximum atomic E-state index is 12.5. The van der Waals surface area contributed by atoms with Crippen LogP contribution in [0.5, 0.6) is 11.5 Å². The lowest BCUT2D eigenvalue weighted by Gasteiger charge is -2.12. The average molecular weight is 707 g/mol. The van der Waals surface area contributed by atoms with Crippen LogP contribution >= 0.6 is 56.9 Å². The summed E-state index contributed by atoms with van der Waals surface area (Å²) in [6, 6.07) is 20.9. The lowest BCUT2D eigenvalue weighted by Crippen LogP contribution is -2.19. The second-order valence-corrected chi connectivity index (χ2v) is 10.6. The first kappa shape index (κ1) is 25.5. The van der Waals surface area contributed by atoms with Crippen molar-refractivity contribution in [3.8, 4) is 17.6 Å². The Hall–Kier alpha value is -2.56. The van der Waals surface area contributed by atoms with Crippen molar-refractivity contribution in [2.24, 2.45) is 4.99 Å². The summed E-state index contributed by atoms with van der Waals surface area (Å²) >= 11 is 5.76. The molecule has 1 N–H and O–H groups in total. The Kier molecular flexibility index (Phi) is 8.69. The lowest BCUT2D eigenvalue weighted by atomic mass is 10.1. The van der Waals surface area contributed by atoms with E-state index in [1.54, 1.807) is 6.07 Å². The summed E-state index contributed by atoms with van der Waals surface area (Å²) in [5.41, 5.74) is 3.07. The van der Waals surface area contributed by atoms with Crippen LogP contribution in [0.15, 0.2) is 70.6 Å². The van der Waals surface area contributed by atoms with E-state index in [0.717, 1.165) is 35.5 Å². The molecule has 6 nitrogen and oxygen atoms in total. The quantitative estimate of drug-likeness (QED) is 0.220. The van der Waals surface area contributed by atoms with Crippen LogP contribution in [-0.2, 0) is 11.4 Å². The first-order valence-electron chi connectivity index (χ1n) is 10.6. The highest BCUT2D eigenvalue weighted by atomic mass is 127. The molecule has 1 saturated heterocycles. The molecule has 0 bridgehead atoms. The number of benzene rings is 3. The molecule has 0 unspecified atom stereocenters. The van der Waals surface area contributed by atoms with Crippen molar-refractivity contribution in [2.45, 2.75) is 13.5 Å². The van der Waals surface area contributed by atoms with E-state index in [1.165, 1.54) is 11.8 Å². The summed E-state index contributed by atoms with van der Waals surface area (Å²) in [5.74, 6) is 1.35. The fourth-order valence-corrected chi connectivity index (χ4v) is 6.21. The van der Waals surface area contributed by atoms with Crippen molar-refractivity contribution in [1.82, 2.24) is 5.32 Å². The molecule has 3 aromatic rings. The topological polar surface area (TPSA) is 83.7 Å². The van der Waals surface area contributed by atoms with Crippen molar-refractivity contribution in [3.05, 3.63) is 89.4 Å². The van der Waals surface area contributed by atoms with Gasteiger partial charge >= 0.3 is 0 Å². The Morgan fingerprint density at radius 3 is 2.49 bits per heavy atom. The first-order chi connectivity index (χ1) is 17.0. The average Bonchev–Trinajstić information content (AvgIpc) is 3.18. The zero-order chi connectivity index (χ0) is 24.8. The number of nitriles is 1. The molecule has 0 radical (unpaired) electrons. The number of ether oxygens (including phenoxy) is 2. The number of halogens is 2. The van der Waals surface area contributed by atoms with Gasteiger partial charge in [-0.05, 0) is 118 Å². The van der Waals surface area contributed by atoms with Gasteiger partial charge in [-0.3, -0.25) is 4.79 Å². The van der Waals surface area contributed by atoms with Crippen LogP contribution in [0.2, 0.25) is 0 Å². The van der Waals surface area contributed by atoms with Crippen LogP contribution in [-0.4, -0.2) is 17.7 Å². The van der Waals surface area contributed by atoms with Crippen LogP contribution in [0.3, 0.4) is 0 Å². The molecule has 0 aromatic heterocycles. The second kappa shape index (κ2) is 11.9. The third kappa shape index (κ3) is 6.56. The molecular formula is C26H19I2N3O3S. The number of amidine groups is 1. The van der Waals surface area contributed by atoms with Gasteiger partial charge in [0.05, 0.1) is 36.0 Å². The fraction of sp³-hybridized carbons (Fsp3) is 0.115. The van der Waals surface area contributed by atoms with E-state index < -0.39 is 0 Å². The van der Waals surface area contributed by atoms with E-state index >= 15 is 0 Å². The minimum absolute atomic E-state index is 0.182. The molecule has 1 heterocycles. The van der Waals surface area contributed by atoms with E-state index in [2.05, 4.69) is 61.6 Å². The highest BCUT2D eigenvalue weighted by Gasteiger charge is 2.24. The number of carbonyl (C=O) groups is 1. The molecule has 1 aliphatic rings. The van der Waals surface area contributed by atoms with Gasteiger partial charge < -0.3 is 14.8 Å². The van der Waals surface area contributed by atoms with Crippen LogP contribution in [0.1, 0.15) is 23.6 Å². The second-order valence-electron chi connectivity index (χ2n) is 7.28. The van der Waals surface area contributed by atoms with Gasteiger partial charge in [-0.15, -0.1) is 0 Å². The highest BCUT2D eigenvalue weighted by molar-refractivity contribution is 14.1. The Morgan fingerprint density at radius 1 is 1.09 bits per heavy atom. The van der Waals surface area contributed by atoms with E-state index in [-0.39, 0.29) is 5.91 Å². The number of carbonyl (C=O) groups excluding carboxylic acids is 1. The van der Waals surface area contributed by atoms with Crippen LogP contribution in [0, 0.1) is 18.5 Å². The maximum Gasteiger partial charge on any atom is 0.264 e. The number of amides is 1. The molecule has 0 saturated carbocycles. The Morgan fingerprint density at radius 2 is 1.80 bits per heavy atom. The number of hydrogen-bond donors (Lipinski definition) is 1. The SMILES string of the molecule is CCOc1ccc(N=C2NC(=O)/C(=C\c3cc(I)c(OCc4ccccc4C#N)c(I)c3)S2)cc1. The normalized spacial score (nSPS) is 15.2. The summed E-state index contributed by atoms with van der Waals surface area (Å²) in [7, 11) is 0. The number of nitrogens with one attached hydrogen (secondary N) is 1. The Bertz CT molecular complexity index is 1340. The van der Waals surface area contributed by atoms with E-state index in [0.29, 0.717) is 28.9 Å². The van der Waals surface area contributed by atoms with Gasteiger partial charge in [0.2, 0.25) is 0 Å². The van der Waals surface area contributed by atoms with E-state index in [9.17, 15) is 10.1 Å². The van der Waals surface area contributed by atoms with Crippen molar-refractivity contribution in [1.29, 1.82) is 5.26 Å². The monoisotopic (exact) mass is 707 g/mol. The van der Waals surface area contributed by atoms with E-state index in [4.69, 9.17) is 9.47 Å². The molecule has 1 amide bonds. The zero-order valence-electron chi connectivity index (χ0n) is 18.5. The predicted octanol–water partition coefficient (Wildman–Crippen LogP) is 6.64.